The summed E-state index contributed by atoms with van der Waals surface area (Å²) in [4.78, 5) is 9.69. The van der Waals surface area contributed by atoms with Crippen molar-refractivity contribution in [2.24, 2.45) is 10.9 Å². The highest BCUT2D eigenvalue weighted by atomic mass is 16.5. The van der Waals surface area contributed by atoms with Gasteiger partial charge in [0.2, 0.25) is 0 Å². The number of ether oxygens (including phenoxy) is 1. The zero-order valence-corrected chi connectivity index (χ0v) is 17.4. The molecule has 0 radical (unpaired) electrons. The third-order valence-electron chi connectivity index (χ3n) is 6.15. The van der Waals surface area contributed by atoms with Crippen molar-refractivity contribution in [3.8, 4) is 0 Å². The van der Waals surface area contributed by atoms with Crippen LogP contribution in [0, 0.1) is 5.92 Å². The number of nitrogens with zero attached hydrogens (tertiary/aromatic N) is 3. The summed E-state index contributed by atoms with van der Waals surface area (Å²) >= 11 is 0. The summed E-state index contributed by atoms with van der Waals surface area (Å²) in [7, 11) is 3.65. The molecule has 2 saturated heterocycles. The lowest BCUT2D eigenvalue weighted by Crippen LogP contribution is -2.57. The van der Waals surface area contributed by atoms with Crippen LogP contribution in [0.25, 0.3) is 0 Å². The van der Waals surface area contributed by atoms with Gasteiger partial charge in [0.05, 0.1) is 5.60 Å². The van der Waals surface area contributed by atoms with Crippen LogP contribution in [0.3, 0.4) is 0 Å². The minimum absolute atomic E-state index is 0.189. The van der Waals surface area contributed by atoms with Gasteiger partial charge in [-0.3, -0.25) is 9.89 Å². The maximum absolute atomic E-state index is 5.53. The van der Waals surface area contributed by atoms with Crippen molar-refractivity contribution in [1.82, 2.24) is 15.1 Å². The lowest BCUT2D eigenvalue weighted by molar-refractivity contribution is 0.0234. The molecular weight excluding hydrogens is 336 g/mol. The molecule has 150 valence electrons. The lowest BCUT2D eigenvalue weighted by atomic mass is 9.83. The lowest BCUT2D eigenvalue weighted by Gasteiger charge is -2.48. The van der Waals surface area contributed by atoms with Crippen LogP contribution >= 0.6 is 0 Å². The van der Waals surface area contributed by atoms with Crippen molar-refractivity contribution in [2.45, 2.75) is 51.3 Å². The van der Waals surface area contributed by atoms with Gasteiger partial charge in [-0.05, 0) is 51.1 Å². The predicted molar refractivity (Wildman–Crippen MR) is 112 cm³/mol. The summed E-state index contributed by atoms with van der Waals surface area (Å²) in [6.45, 7) is 9.44. The van der Waals surface area contributed by atoms with Crippen LogP contribution < -0.4 is 5.32 Å². The second-order valence-corrected chi connectivity index (χ2v) is 8.53. The Bertz CT molecular complexity index is 616. The van der Waals surface area contributed by atoms with Crippen molar-refractivity contribution in [3.63, 3.8) is 0 Å². The van der Waals surface area contributed by atoms with Crippen LogP contribution in [0.1, 0.15) is 38.7 Å². The maximum atomic E-state index is 5.53. The van der Waals surface area contributed by atoms with E-state index in [2.05, 4.69) is 64.3 Å². The maximum Gasteiger partial charge on any atom is 0.193 e. The number of methoxy groups -OCH3 is 1. The van der Waals surface area contributed by atoms with Gasteiger partial charge in [-0.25, -0.2) is 0 Å². The summed E-state index contributed by atoms with van der Waals surface area (Å²) in [5, 5.41) is 3.51. The number of rotatable bonds is 5. The Balaban J connectivity index is 1.59. The van der Waals surface area contributed by atoms with E-state index >= 15 is 0 Å². The van der Waals surface area contributed by atoms with E-state index in [9.17, 15) is 0 Å². The zero-order valence-electron chi connectivity index (χ0n) is 17.4. The van der Waals surface area contributed by atoms with E-state index in [1.54, 1.807) is 7.11 Å². The van der Waals surface area contributed by atoms with Gasteiger partial charge in [-0.1, -0.05) is 30.3 Å². The molecule has 27 heavy (non-hydrogen) atoms. The molecule has 2 aliphatic heterocycles. The summed E-state index contributed by atoms with van der Waals surface area (Å²) in [6.07, 6.45) is 3.84. The van der Waals surface area contributed by atoms with Crippen LogP contribution in [0.4, 0.5) is 0 Å². The minimum atomic E-state index is -0.189. The van der Waals surface area contributed by atoms with E-state index in [4.69, 9.17) is 4.74 Å². The summed E-state index contributed by atoms with van der Waals surface area (Å²) in [6, 6.07) is 11.6. The summed E-state index contributed by atoms with van der Waals surface area (Å²) < 4.78 is 5.53. The fourth-order valence-corrected chi connectivity index (χ4v) is 4.41. The van der Waals surface area contributed by atoms with Gasteiger partial charge in [0, 0.05) is 46.4 Å². The van der Waals surface area contributed by atoms with Gasteiger partial charge in [0.1, 0.15) is 0 Å². The van der Waals surface area contributed by atoms with E-state index in [1.807, 2.05) is 7.05 Å². The van der Waals surface area contributed by atoms with Crippen molar-refractivity contribution in [1.29, 1.82) is 0 Å². The average Bonchev–Trinajstić information content (AvgIpc) is 2.69. The Morgan fingerprint density at radius 2 is 2.00 bits per heavy atom. The molecular formula is C22H36N4O. The number of fused-ring (bicyclic) bond motifs is 1. The fraction of sp³-hybridized carbons (Fsp3) is 0.682. The number of nitrogens with one attached hydrogen (secondary N) is 1. The minimum Gasteiger partial charge on any atom is -0.377 e. The third-order valence-corrected chi connectivity index (χ3v) is 6.15. The SMILES string of the molecule is CN=C(NCC(C)(C)OC)N1CCC2C(CCCN2Cc2ccccc2)C1. The smallest absolute Gasteiger partial charge is 0.193 e. The highest BCUT2D eigenvalue weighted by Gasteiger charge is 2.36. The number of hydrogen-bond acceptors (Lipinski definition) is 3. The molecule has 2 heterocycles. The van der Waals surface area contributed by atoms with Crippen molar-refractivity contribution < 1.29 is 4.74 Å². The molecule has 2 fully saturated rings. The first-order chi connectivity index (χ1) is 13.0. The molecule has 2 aliphatic rings. The number of benzene rings is 1. The Kier molecular flexibility index (Phi) is 6.77. The molecule has 0 spiro atoms. The van der Waals surface area contributed by atoms with Crippen molar-refractivity contribution >= 4 is 5.96 Å². The molecule has 5 nitrogen and oxygen atoms in total. The van der Waals surface area contributed by atoms with Crippen molar-refractivity contribution in [3.05, 3.63) is 35.9 Å². The third kappa shape index (κ3) is 5.23. The second-order valence-electron chi connectivity index (χ2n) is 8.53. The normalized spacial score (nSPS) is 24.6. The molecule has 5 heteroatoms. The van der Waals surface area contributed by atoms with Gasteiger partial charge in [0.25, 0.3) is 0 Å². The zero-order chi connectivity index (χ0) is 19.3. The quantitative estimate of drug-likeness (QED) is 0.637. The molecule has 0 amide bonds. The average molecular weight is 373 g/mol. The van der Waals surface area contributed by atoms with E-state index < -0.39 is 0 Å². The van der Waals surface area contributed by atoms with E-state index in [0.29, 0.717) is 6.04 Å². The number of hydrogen-bond donors (Lipinski definition) is 1. The first-order valence-electron chi connectivity index (χ1n) is 10.3. The van der Waals surface area contributed by atoms with Crippen molar-refractivity contribution in [2.75, 3.05) is 40.3 Å². The van der Waals surface area contributed by atoms with E-state index in [-0.39, 0.29) is 5.60 Å². The first kappa shape index (κ1) is 20.2. The van der Waals surface area contributed by atoms with Gasteiger partial charge in [-0.2, -0.15) is 0 Å². The molecule has 0 saturated carbocycles. The van der Waals surface area contributed by atoms with Crippen LogP contribution in [-0.4, -0.2) is 67.7 Å². The second kappa shape index (κ2) is 9.07. The van der Waals surface area contributed by atoms with Gasteiger partial charge in [0.15, 0.2) is 5.96 Å². The van der Waals surface area contributed by atoms with Crippen LogP contribution in [-0.2, 0) is 11.3 Å². The summed E-state index contributed by atoms with van der Waals surface area (Å²) in [5.41, 5.74) is 1.24. The topological polar surface area (TPSA) is 40.1 Å². The van der Waals surface area contributed by atoms with Crippen LogP contribution in [0.15, 0.2) is 35.3 Å². The highest BCUT2D eigenvalue weighted by Crippen LogP contribution is 2.31. The Morgan fingerprint density at radius 3 is 2.70 bits per heavy atom. The molecule has 1 aromatic rings. The highest BCUT2D eigenvalue weighted by molar-refractivity contribution is 5.80. The molecule has 2 atom stereocenters. The van der Waals surface area contributed by atoms with Gasteiger partial charge in [-0.15, -0.1) is 0 Å². The van der Waals surface area contributed by atoms with E-state index in [1.165, 1.54) is 31.4 Å². The first-order valence-corrected chi connectivity index (χ1v) is 10.3. The largest absolute Gasteiger partial charge is 0.377 e. The predicted octanol–water partition coefficient (Wildman–Crippen LogP) is 2.97. The fourth-order valence-electron chi connectivity index (χ4n) is 4.41. The molecule has 3 rings (SSSR count). The monoisotopic (exact) mass is 372 g/mol. The Morgan fingerprint density at radius 1 is 1.22 bits per heavy atom. The number of likely N-dealkylation sites (tertiary alicyclic amines) is 2. The number of guanidine groups is 1. The Hall–Kier alpha value is -1.59. The van der Waals surface area contributed by atoms with Gasteiger partial charge < -0.3 is 15.0 Å². The molecule has 2 unspecified atom stereocenters. The summed E-state index contributed by atoms with van der Waals surface area (Å²) in [5.74, 6) is 1.74. The Labute approximate surface area is 164 Å². The molecule has 1 aromatic carbocycles. The van der Waals surface area contributed by atoms with Gasteiger partial charge >= 0.3 is 0 Å². The van der Waals surface area contributed by atoms with Crippen LogP contribution in [0.5, 0.6) is 0 Å². The molecule has 0 aromatic heterocycles. The molecule has 0 aliphatic carbocycles. The van der Waals surface area contributed by atoms with Crippen LogP contribution in [0.2, 0.25) is 0 Å². The number of aliphatic imine (C=N–C) groups is 1. The molecule has 0 bridgehead atoms. The standard InChI is InChI=1S/C22H36N4O/c1-22(2,27-4)17-24-21(23-3)26-14-12-20-19(16-26)11-8-13-25(20)15-18-9-6-5-7-10-18/h5-7,9-10,19-20H,8,11-17H2,1-4H3,(H,23,24). The number of piperidine rings is 2. The van der Waals surface area contributed by atoms with E-state index in [0.717, 1.165) is 38.1 Å². The molecule has 1 N–H and O–H groups in total.